The summed E-state index contributed by atoms with van der Waals surface area (Å²) in [6.07, 6.45) is -3.58. The highest BCUT2D eigenvalue weighted by Crippen LogP contribution is 2.30. The van der Waals surface area contributed by atoms with Gasteiger partial charge in [0.1, 0.15) is 36.6 Å². The minimum Gasteiger partial charge on any atom is -0.457 e. The van der Waals surface area contributed by atoms with E-state index in [1.165, 1.54) is 6.92 Å². The average Bonchev–Trinajstić information content (AvgIpc) is 2.66. The molecule has 2 aliphatic heterocycles. The lowest BCUT2D eigenvalue weighted by atomic mass is 9.94. The minimum absolute atomic E-state index is 0.117. The largest absolute Gasteiger partial charge is 0.457 e. The summed E-state index contributed by atoms with van der Waals surface area (Å²) in [7, 11) is 6.37. The third-order valence-corrected chi connectivity index (χ3v) is 5.71. The van der Waals surface area contributed by atoms with Crippen LogP contribution in [0.3, 0.4) is 0 Å². The third-order valence-electron chi connectivity index (χ3n) is 5.71. The van der Waals surface area contributed by atoms with Gasteiger partial charge in [0.25, 0.3) is 0 Å². The molecule has 2 saturated heterocycles. The molecular weight excluding hydrogens is 384 g/mol. The highest BCUT2D eigenvalue weighted by molar-refractivity contribution is 5.66. The molecule has 0 aliphatic carbocycles. The number of hydrogen-bond donors (Lipinski definition) is 0. The summed E-state index contributed by atoms with van der Waals surface area (Å²) in [6, 6.07) is 0. The smallest absolute Gasteiger partial charge is 0.303 e. The maximum Gasteiger partial charge on any atom is 0.303 e. The van der Waals surface area contributed by atoms with Gasteiger partial charge in [-0.1, -0.05) is 0 Å². The molecule has 0 aromatic rings. The first-order valence-electron chi connectivity index (χ1n) is 9.99. The Bertz CT molecular complexity index is 516. The van der Waals surface area contributed by atoms with Gasteiger partial charge in [-0.3, -0.25) is 4.79 Å². The summed E-state index contributed by atoms with van der Waals surface area (Å²) in [6.45, 7) is 7.34. The van der Waals surface area contributed by atoms with Crippen molar-refractivity contribution in [2.24, 2.45) is 0 Å². The van der Waals surface area contributed by atoms with Gasteiger partial charge in [0, 0.05) is 35.4 Å². The van der Waals surface area contributed by atoms with Crippen LogP contribution in [-0.2, 0) is 42.7 Å². The van der Waals surface area contributed by atoms with Crippen molar-refractivity contribution < 1.29 is 42.7 Å². The number of ether oxygens (including phenoxy) is 8. The van der Waals surface area contributed by atoms with E-state index in [1.54, 1.807) is 28.4 Å². The van der Waals surface area contributed by atoms with Crippen molar-refractivity contribution in [1.29, 1.82) is 0 Å². The summed E-state index contributed by atoms with van der Waals surface area (Å²) in [5.74, 6) is -0.404. The van der Waals surface area contributed by atoms with Gasteiger partial charge in [0.05, 0.1) is 24.9 Å². The van der Waals surface area contributed by atoms with E-state index >= 15 is 0 Å². The molecule has 0 saturated carbocycles. The molecule has 0 aromatic heterocycles. The molecule has 2 fully saturated rings. The lowest BCUT2D eigenvalue weighted by Crippen LogP contribution is -2.62. The van der Waals surface area contributed by atoms with Crippen LogP contribution >= 0.6 is 0 Å². The van der Waals surface area contributed by atoms with Gasteiger partial charge in [-0.2, -0.15) is 0 Å². The monoisotopic (exact) mass is 420 g/mol. The van der Waals surface area contributed by atoms with E-state index in [9.17, 15) is 4.79 Å². The molecule has 2 rings (SSSR count). The second-order valence-electron chi connectivity index (χ2n) is 7.60. The van der Waals surface area contributed by atoms with E-state index in [1.807, 2.05) is 20.8 Å². The van der Waals surface area contributed by atoms with Gasteiger partial charge in [-0.25, -0.2) is 0 Å². The Balaban J connectivity index is 2.13. The fourth-order valence-electron chi connectivity index (χ4n) is 4.41. The Hall–Kier alpha value is -0.810. The second-order valence-corrected chi connectivity index (χ2v) is 7.60. The van der Waals surface area contributed by atoms with Crippen LogP contribution in [0.5, 0.6) is 0 Å². The zero-order valence-corrected chi connectivity index (χ0v) is 18.7. The predicted octanol–water partition coefficient (Wildman–Crippen LogP) is 0.958. The van der Waals surface area contributed by atoms with E-state index < -0.39 is 30.4 Å². The molecule has 2 aliphatic rings. The number of methoxy groups -OCH3 is 4. The molecule has 0 aromatic carbocycles. The second kappa shape index (κ2) is 11.0. The van der Waals surface area contributed by atoms with E-state index in [-0.39, 0.29) is 43.2 Å². The third kappa shape index (κ3) is 5.46. The van der Waals surface area contributed by atoms with Crippen LogP contribution in [0.4, 0.5) is 0 Å². The van der Waals surface area contributed by atoms with Crippen molar-refractivity contribution in [2.75, 3.05) is 35.0 Å². The van der Waals surface area contributed by atoms with Crippen LogP contribution in [0.15, 0.2) is 0 Å². The summed E-state index contributed by atoms with van der Waals surface area (Å²) >= 11 is 0. The Morgan fingerprint density at radius 2 is 1.17 bits per heavy atom. The first-order chi connectivity index (χ1) is 13.8. The summed E-state index contributed by atoms with van der Waals surface area (Å²) < 4.78 is 46.2. The normalized spacial score (nSPS) is 43.2. The van der Waals surface area contributed by atoms with Gasteiger partial charge in [0.15, 0.2) is 6.10 Å². The Morgan fingerprint density at radius 3 is 1.69 bits per heavy atom. The molecule has 0 bridgehead atoms. The predicted molar refractivity (Wildman–Crippen MR) is 103 cm³/mol. The van der Waals surface area contributed by atoms with Crippen molar-refractivity contribution >= 4 is 5.97 Å². The first kappa shape index (κ1) is 24.5. The highest BCUT2D eigenvalue weighted by atomic mass is 16.6. The molecule has 0 radical (unpaired) electrons. The van der Waals surface area contributed by atoms with E-state index in [0.29, 0.717) is 0 Å². The van der Waals surface area contributed by atoms with Crippen molar-refractivity contribution in [2.45, 2.75) is 88.7 Å². The molecule has 0 unspecified atom stereocenters. The standard InChI is InChI=1S/C20H36O9/c1-10-15(22-5)19(25-8)17(12(3)27-10)26-9-14-18(24-7)20(29-13(4)21)16(23-6)11(2)28-14/h10-12,14-20H,9H2,1-8H3/t10-,11-,12-,14-,15-,16-,17-,18-,19-,20+/m0/s1. The van der Waals surface area contributed by atoms with E-state index in [0.717, 1.165) is 0 Å². The van der Waals surface area contributed by atoms with Crippen LogP contribution in [0, 0.1) is 0 Å². The van der Waals surface area contributed by atoms with Gasteiger partial charge in [-0.05, 0) is 20.8 Å². The topological polar surface area (TPSA) is 90.9 Å². The van der Waals surface area contributed by atoms with Gasteiger partial charge >= 0.3 is 5.97 Å². The zero-order chi connectivity index (χ0) is 21.7. The van der Waals surface area contributed by atoms with Crippen LogP contribution in [0.1, 0.15) is 27.7 Å². The average molecular weight is 420 g/mol. The molecule has 170 valence electrons. The van der Waals surface area contributed by atoms with Crippen molar-refractivity contribution in [1.82, 2.24) is 0 Å². The fraction of sp³-hybridized carbons (Fsp3) is 0.950. The Kier molecular flexibility index (Phi) is 9.27. The fourth-order valence-corrected chi connectivity index (χ4v) is 4.41. The number of hydrogen-bond acceptors (Lipinski definition) is 9. The summed E-state index contributed by atoms with van der Waals surface area (Å²) in [5.41, 5.74) is 0. The molecular formula is C20H36O9. The van der Waals surface area contributed by atoms with Crippen LogP contribution in [0.25, 0.3) is 0 Å². The summed E-state index contributed by atoms with van der Waals surface area (Å²) in [4.78, 5) is 11.6. The molecule has 29 heavy (non-hydrogen) atoms. The lowest BCUT2D eigenvalue weighted by molar-refractivity contribution is -0.271. The molecule has 9 heteroatoms. The Labute approximate surface area is 173 Å². The molecule has 0 amide bonds. The van der Waals surface area contributed by atoms with E-state index in [4.69, 9.17) is 37.9 Å². The molecule has 0 spiro atoms. The maximum absolute atomic E-state index is 11.6. The van der Waals surface area contributed by atoms with Gasteiger partial charge in [0.2, 0.25) is 0 Å². The lowest BCUT2D eigenvalue weighted by Gasteiger charge is -2.46. The number of esters is 1. The quantitative estimate of drug-likeness (QED) is 0.533. The highest BCUT2D eigenvalue weighted by Gasteiger charge is 2.49. The van der Waals surface area contributed by atoms with Crippen molar-refractivity contribution in [3.05, 3.63) is 0 Å². The van der Waals surface area contributed by atoms with Crippen LogP contribution < -0.4 is 0 Å². The Morgan fingerprint density at radius 1 is 0.690 bits per heavy atom. The van der Waals surface area contributed by atoms with Gasteiger partial charge < -0.3 is 37.9 Å². The van der Waals surface area contributed by atoms with E-state index in [2.05, 4.69) is 0 Å². The molecule has 2 heterocycles. The number of carbonyl (C=O) groups excluding carboxylic acids is 1. The molecule has 10 atom stereocenters. The van der Waals surface area contributed by atoms with Crippen molar-refractivity contribution in [3.63, 3.8) is 0 Å². The zero-order valence-electron chi connectivity index (χ0n) is 18.7. The SMILES string of the molecule is CO[C@H]1[C@@H](OC)[C@H](C)O[C@@H](C)[C@@H]1OC[C@@H]1O[C@@H](C)[C@H](OC)[C@@H](OC(C)=O)[C@H]1OC. The first-order valence-corrected chi connectivity index (χ1v) is 9.99. The van der Waals surface area contributed by atoms with Crippen LogP contribution in [0.2, 0.25) is 0 Å². The molecule has 0 N–H and O–H groups in total. The summed E-state index contributed by atoms with van der Waals surface area (Å²) in [5, 5.41) is 0. The molecule has 9 nitrogen and oxygen atoms in total. The number of carbonyl (C=O) groups is 1. The minimum atomic E-state index is -0.607. The number of rotatable bonds is 8. The van der Waals surface area contributed by atoms with Crippen LogP contribution in [-0.4, -0.2) is 102 Å². The van der Waals surface area contributed by atoms with Crippen molar-refractivity contribution in [3.8, 4) is 0 Å². The van der Waals surface area contributed by atoms with Gasteiger partial charge in [-0.15, -0.1) is 0 Å². The maximum atomic E-state index is 11.6.